The molecule has 0 saturated heterocycles. The Balaban J connectivity index is 2.43. The second kappa shape index (κ2) is 3.47. The van der Waals surface area contributed by atoms with Crippen LogP contribution in [0.1, 0.15) is 5.69 Å². The Morgan fingerprint density at radius 1 is 1.46 bits per heavy atom. The van der Waals surface area contributed by atoms with E-state index in [2.05, 4.69) is 16.4 Å². The van der Waals surface area contributed by atoms with Crippen molar-refractivity contribution in [3.05, 3.63) is 23.2 Å². The number of hydrogen-bond donors (Lipinski definition) is 0. The number of aromatic nitrogens is 1. The van der Waals surface area contributed by atoms with Gasteiger partial charge < -0.3 is 4.74 Å². The second-order valence-corrected chi connectivity index (χ2v) is 4.48. The molecule has 4 heteroatoms. The first kappa shape index (κ1) is 8.72. The molecule has 0 aliphatic carbocycles. The average Bonchev–Trinajstić information content (AvgIpc) is 2.71. The number of thiazole rings is 1. The molecule has 0 saturated carbocycles. The number of nitrogens with zero attached hydrogens (tertiary/aromatic N) is 1. The van der Waals surface area contributed by atoms with Gasteiger partial charge in [-0.3, -0.25) is 0 Å². The standard InChI is InChI=1S/C9H9NOS2/c1-6-9(11-2)13-8(10-6)7-4-3-5-12-7/h3-5H,1-2H3. The van der Waals surface area contributed by atoms with Crippen LogP contribution < -0.4 is 4.74 Å². The molecule has 0 fully saturated rings. The molecular formula is C9H9NOS2. The highest BCUT2D eigenvalue weighted by atomic mass is 32.1. The zero-order chi connectivity index (χ0) is 9.26. The molecule has 2 nitrogen and oxygen atoms in total. The second-order valence-electron chi connectivity index (χ2n) is 2.57. The van der Waals surface area contributed by atoms with Crippen molar-refractivity contribution < 1.29 is 4.74 Å². The Morgan fingerprint density at radius 3 is 2.85 bits per heavy atom. The molecule has 0 aliphatic rings. The molecule has 0 bridgehead atoms. The van der Waals surface area contributed by atoms with Crippen LogP contribution in [0.5, 0.6) is 5.06 Å². The largest absolute Gasteiger partial charge is 0.486 e. The maximum atomic E-state index is 5.18. The lowest BCUT2D eigenvalue weighted by Gasteiger charge is -1.90. The van der Waals surface area contributed by atoms with Crippen LogP contribution in [-0.4, -0.2) is 12.1 Å². The molecule has 0 radical (unpaired) electrons. The van der Waals surface area contributed by atoms with E-state index in [0.29, 0.717) is 0 Å². The van der Waals surface area contributed by atoms with Gasteiger partial charge in [0.05, 0.1) is 17.7 Å². The van der Waals surface area contributed by atoms with Crippen molar-refractivity contribution in [2.75, 3.05) is 7.11 Å². The van der Waals surface area contributed by atoms with Crippen molar-refractivity contribution in [1.29, 1.82) is 0 Å². The summed E-state index contributed by atoms with van der Waals surface area (Å²) in [7, 11) is 1.68. The van der Waals surface area contributed by atoms with Crippen LogP contribution in [0.15, 0.2) is 17.5 Å². The first-order valence-corrected chi connectivity index (χ1v) is 5.56. The van der Waals surface area contributed by atoms with Gasteiger partial charge in [-0.15, -0.1) is 11.3 Å². The minimum atomic E-state index is 0.906. The van der Waals surface area contributed by atoms with Crippen molar-refractivity contribution >= 4 is 22.7 Å². The molecule has 13 heavy (non-hydrogen) atoms. The minimum Gasteiger partial charge on any atom is -0.486 e. The molecule has 0 atom stereocenters. The number of aryl methyl sites for hydroxylation is 1. The molecule has 0 amide bonds. The summed E-state index contributed by atoms with van der Waals surface area (Å²) in [4.78, 5) is 5.63. The molecule has 0 N–H and O–H groups in total. The van der Waals surface area contributed by atoms with Crippen molar-refractivity contribution in [1.82, 2.24) is 4.98 Å². The fourth-order valence-electron chi connectivity index (χ4n) is 1.08. The third kappa shape index (κ3) is 1.59. The van der Waals surface area contributed by atoms with E-state index < -0.39 is 0 Å². The first-order chi connectivity index (χ1) is 6.31. The van der Waals surface area contributed by atoms with E-state index in [1.807, 2.05) is 13.0 Å². The van der Waals surface area contributed by atoms with E-state index >= 15 is 0 Å². The van der Waals surface area contributed by atoms with Crippen molar-refractivity contribution in [2.45, 2.75) is 6.92 Å². The molecule has 2 aromatic heterocycles. The molecule has 68 valence electrons. The predicted molar refractivity (Wildman–Crippen MR) is 56.7 cm³/mol. The molecular weight excluding hydrogens is 202 g/mol. The summed E-state index contributed by atoms with van der Waals surface area (Å²) in [5.74, 6) is 0. The molecule has 0 aromatic carbocycles. The van der Waals surface area contributed by atoms with Gasteiger partial charge in [0.2, 0.25) is 0 Å². The Morgan fingerprint density at radius 2 is 2.31 bits per heavy atom. The van der Waals surface area contributed by atoms with E-state index in [-0.39, 0.29) is 0 Å². The topological polar surface area (TPSA) is 22.1 Å². The summed E-state index contributed by atoms with van der Waals surface area (Å²) >= 11 is 3.30. The summed E-state index contributed by atoms with van der Waals surface area (Å²) in [6.07, 6.45) is 0. The van der Waals surface area contributed by atoms with Gasteiger partial charge >= 0.3 is 0 Å². The number of ether oxygens (including phenoxy) is 1. The van der Waals surface area contributed by atoms with Gasteiger partial charge in [-0.1, -0.05) is 17.4 Å². The van der Waals surface area contributed by atoms with Crippen LogP contribution in [0.3, 0.4) is 0 Å². The van der Waals surface area contributed by atoms with Gasteiger partial charge in [-0.05, 0) is 18.4 Å². The van der Waals surface area contributed by atoms with Gasteiger partial charge in [-0.25, -0.2) is 4.98 Å². The SMILES string of the molecule is COc1sc(-c2cccs2)nc1C. The highest BCUT2D eigenvalue weighted by Crippen LogP contribution is 2.35. The molecule has 2 rings (SSSR count). The van der Waals surface area contributed by atoms with Crippen LogP contribution in [0.4, 0.5) is 0 Å². The van der Waals surface area contributed by atoms with Crippen LogP contribution in [0.25, 0.3) is 9.88 Å². The van der Waals surface area contributed by atoms with Crippen LogP contribution in [-0.2, 0) is 0 Å². The zero-order valence-corrected chi connectivity index (χ0v) is 9.04. The summed E-state index contributed by atoms with van der Waals surface area (Å²) in [5, 5.41) is 4.01. The van der Waals surface area contributed by atoms with E-state index in [1.54, 1.807) is 29.8 Å². The summed E-state index contributed by atoms with van der Waals surface area (Å²) in [6, 6.07) is 4.10. The lowest BCUT2D eigenvalue weighted by molar-refractivity contribution is 0.423. The highest BCUT2D eigenvalue weighted by molar-refractivity contribution is 7.22. The maximum Gasteiger partial charge on any atom is 0.197 e. The number of thiophene rings is 1. The van der Waals surface area contributed by atoms with Gasteiger partial charge in [-0.2, -0.15) is 0 Å². The lowest BCUT2D eigenvalue weighted by atomic mass is 10.5. The molecule has 0 spiro atoms. The van der Waals surface area contributed by atoms with Crippen molar-refractivity contribution in [2.24, 2.45) is 0 Å². The Bertz CT molecular complexity index is 392. The monoisotopic (exact) mass is 211 g/mol. The van der Waals surface area contributed by atoms with Crippen molar-refractivity contribution in [3.8, 4) is 14.9 Å². The number of methoxy groups -OCH3 is 1. The Kier molecular flexibility index (Phi) is 2.33. The highest BCUT2D eigenvalue weighted by Gasteiger charge is 2.09. The van der Waals surface area contributed by atoms with Crippen LogP contribution in [0, 0.1) is 6.92 Å². The zero-order valence-electron chi connectivity index (χ0n) is 7.40. The fraction of sp³-hybridized carbons (Fsp3) is 0.222. The molecule has 0 aliphatic heterocycles. The normalized spacial score (nSPS) is 10.3. The predicted octanol–water partition coefficient (Wildman–Crippen LogP) is 3.19. The van der Waals surface area contributed by atoms with Gasteiger partial charge in [0.15, 0.2) is 5.06 Å². The first-order valence-electron chi connectivity index (χ1n) is 3.86. The van der Waals surface area contributed by atoms with Gasteiger partial charge in [0.1, 0.15) is 5.01 Å². The van der Waals surface area contributed by atoms with Crippen LogP contribution >= 0.6 is 22.7 Å². The summed E-state index contributed by atoms with van der Waals surface area (Å²) in [6.45, 7) is 1.96. The minimum absolute atomic E-state index is 0.906. The molecule has 0 unspecified atom stereocenters. The fourth-order valence-corrected chi connectivity index (χ4v) is 2.76. The van der Waals surface area contributed by atoms with Gasteiger partial charge in [0.25, 0.3) is 0 Å². The molecule has 2 aromatic rings. The van der Waals surface area contributed by atoms with E-state index in [4.69, 9.17) is 4.74 Å². The maximum absolute atomic E-state index is 5.18. The average molecular weight is 211 g/mol. The van der Waals surface area contributed by atoms with Crippen molar-refractivity contribution in [3.63, 3.8) is 0 Å². The molecule has 2 heterocycles. The third-order valence-corrected chi connectivity index (χ3v) is 3.83. The number of hydrogen-bond acceptors (Lipinski definition) is 4. The van der Waals surface area contributed by atoms with E-state index in [9.17, 15) is 0 Å². The lowest BCUT2D eigenvalue weighted by Crippen LogP contribution is -1.80. The van der Waals surface area contributed by atoms with E-state index in [1.165, 1.54) is 4.88 Å². The quantitative estimate of drug-likeness (QED) is 0.761. The third-order valence-electron chi connectivity index (χ3n) is 1.67. The Hall–Kier alpha value is -0.870. The van der Waals surface area contributed by atoms with E-state index in [0.717, 1.165) is 15.8 Å². The number of rotatable bonds is 2. The Labute approximate surface area is 84.8 Å². The summed E-state index contributed by atoms with van der Waals surface area (Å²) in [5.41, 5.74) is 0.968. The smallest absolute Gasteiger partial charge is 0.197 e. The van der Waals surface area contributed by atoms with Crippen LogP contribution in [0.2, 0.25) is 0 Å². The van der Waals surface area contributed by atoms with Gasteiger partial charge in [0, 0.05) is 0 Å². The summed E-state index contributed by atoms with van der Waals surface area (Å²) < 4.78 is 5.18.